The molecule has 1 aromatic heterocycles. The predicted octanol–water partition coefficient (Wildman–Crippen LogP) is 2.35. The van der Waals surface area contributed by atoms with Crippen LogP contribution in [0.4, 0.5) is 5.95 Å². The Kier molecular flexibility index (Phi) is 4.22. The van der Waals surface area contributed by atoms with Gasteiger partial charge in [-0.1, -0.05) is 32.0 Å². The lowest BCUT2D eigenvalue weighted by Gasteiger charge is -2.17. The smallest absolute Gasteiger partial charge is 0.341 e. The van der Waals surface area contributed by atoms with Crippen LogP contribution in [-0.2, 0) is 12.8 Å². The maximum absolute atomic E-state index is 12.5. The van der Waals surface area contributed by atoms with Crippen LogP contribution < -0.4 is 10.6 Å². The molecule has 1 aliphatic rings. The first-order valence-electron chi connectivity index (χ1n) is 8.06. The molecule has 1 saturated heterocycles. The van der Waals surface area contributed by atoms with Gasteiger partial charge in [0.05, 0.1) is 5.69 Å². The minimum absolute atomic E-state index is 0.243. The van der Waals surface area contributed by atoms with E-state index in [0.717, 1.165) is 55.6 Å². The number of aryl methyl sites for hydroxylation is 2. The molecule has 0 atom stereocenters. The highest BCUT2D eigenvalue weighted by molar-refractivity contribution is 5.48. The third-order valence-electron chi connectivity index (χ3n) is 4.29. The number of hydrogen-bond donors (Lipinski definition) is 0. The zero-order chi connectivity index (χ0) is 15.5. The van der Waals surface area contributed by atoms with Gasteiger partial charge in [0.15, 0.2) is 0 Å². The summed E-state index contributed by atoms with van der Waals surface area (Å²) in [6, 6.07) is 6.18. The molecule has 22 heavy (non-hydrogen) atoms. The van der Waals surface area contributed by atoms with Gasteiger partial charge in [0, 0.05) is 13.1 Å². The zero-order valence-corrected chi connectivity index (χ0v) is 13.2. The Bertz CT molecular complexity index is 695. The summed E-state index contributed by atoms with van der Waals surface area (Å²) in [5, 5.41) is 0. The number of para-hydroxylation sites is 1. The summed E-state index contributed by atoms with van der Waals surface area (Å²) < 4.78 is 1.59. The van der Waals surface area contributed by atoms with Crippen molar-refractivity contribution in [3.05, 3.63) is 46.1 Å². The average Bonchev–Trinajstić information content (AvgIpc) is 3.08. The normalized spacial score (nSPS) is 14.5. The van der Waals surface area contributed by atoms with Crippen LogP contribution in [-0.4, -0.2) is 27.6 Å². The van der Waals surface area contributed by atoms with Gasteiger partial charge in [-0.3, -0.25) is 4.57 Å². The molecule has 0 spiro atoms. The van der Waals surface area contributed by atoms with E-state index in [1.165, 1.54) is 0 Å². The van der Waals surface area contributed by atoms with E-state index in [-0.39, 0.29) is 5.69 Å². The van der Waals surface area contributed by atoms with Crippen molar-refractivity contribution in [2.45, 2.75) is 39.5 Å². The molecule has 0 saturated carbocycles. The molecular weight excluding hydrogens is 276 g/mol. The van der Waals surface area contributed by atoms with Gasteiger partial charge in [-0.05, 0) is 36.8 Å². The van der Waals surface area contributed by atoms with Gasteiger partial charge in [0.25, 0.3) is 0 Å². The number of benzene rings is 1. The lowest BCUT2D eigenvalue weighted by atomic mass is 10.0. The standard InChI is InChI=1S/C17H22N4O/c1-3-13-8-7-9-14(4-2)15(13)21-12-18-16(19-17(21)22)20-10-5-6-11-20/h7-9,12H,3-6,10-11H2,1-2H3. The van der Waals surface area contributed by atoms with E-state index in [4.69, 9.17) is 0 Å². The first-order valence-corrected chi connectivity index (χ1v) is 8.06. The molecule has 1 fully saturated rings. The molecule has 3 rings (SSSR count). The Labute approximate surface area is 130 Å². The summed E-state index contributed by atoms with van der Waals surface area (Å²) in [6.45, 7) is 6.08. The van der Waals surface area contributed by atoms with Crippen LogP contribution >= 0.6 is 0 Å². The molecule has 5 heteroatoms. The second-order valence-electron chi connectivity index (χ2n) is 5.64. The van der Waals surface area contributed by atoms with Crippen molar-refractivity contribution >= 4 is 5.95 Å². The van der Waals surface area contributed by atoms with E-state index < -0.39 is 0 Å². The Hall–Kier alpha value is -2.17. The summed E-state index contributed by atoms with van der Waals surface area (Å²) >= 11 is 0. The van der Waals surface area contributed by atoms with E-state index in [2.05, 4.69) is 40.8 Å². The topological polar surface area (TPSA) is 51.0 Å². The van der Waals surface area contributed by atoms with Gasteiger partial charge in [-0.2, -0.15) is 4.98 Å². The van der Waals surface area contributed by atoms with Crippen molar-refractivity contribution in [3.8, 4) is 5.69 Å². The molecule has 0 N–H and O–H groups in total. The van der Waals surface area contributed by atoms with Crippen molar-refractivity contribution < 1.29 is 0 Å². The summed E-state index contributed by atoms with van der Waals surface area (Å²) in [6.07, 6.45) is 5.68. The van der Waals surface area contributed by atoms with E-state index >= 15 is 0 Å². The molecule has 0 bridgehead atoms. The van der Waals surface area contributed by atoms with Gasteiger partial charge < -0.3 is 4.90 Å². The molecule has 0 unspecified atom stereocenters. The molecule has 2 aromatic rings. The molecular formula is C17H22N4O. The second kappa shape index (κ2) is 6.30. The fourth-order valence-corrected chi connectivity index (χ4v) is 3.07. The summed E-state index contributed by atoms with van der Waals surface area (Å²) in [4.78, 5) is 23.2. The van der Waals surface area contributed by atoms with Crippen molar-refractivity contribution in [3.63, 3.8) is 0 Å². The number of aromatic nitrogens is 3. The maximum Gasteiger partial charge on any atom is 0.356 e. The van der Waals surface area contributed by atoms with Crippen LogP contribution in [0.2, 0.25) is 0 Å². The van der Waals surface area contributed by atoms with Crippen LogP contribution in [0.15, 0.2) is 29.3 Å². The van der Waals surface area contributed by atoms with Crippen molar-refractivity contribution in [2.24, 2.45) is 0 Å². The van der Waals surface area contributed by atoms with Crippen LogP contribution in [0.3, 0.4) is 0 Å². The quantitative estimate of drug-likeness (QED) is 0.869. The molecule has 1 aromatic carbocycles. The van der Waals surface area contributed by atoms with Crippen LogP contribution in [0.5, 0.6) is 0 Å². The minimum atomic E-state index is -0.243. The Morgan fingerprint density at radius 3 is 2.27 bits per heavy atom. The Balaban J connectivity index is 2.07. The molecule has 1 aliphatic heterocycles. The first-order chi connectivity index (χ1) is 10.7. The highest BCUT2D eigenvalue weighted by Gasteiger charge is 2.17. The summed E-state index contributed by atoms with van der Waals surface area (Å²) in [7, 11) is 0. The van der Waals surface area contributed by atoms with Gasteiger partial charge >= 0.3 is 5.69 Å². The van der Waals surface area contributed by atoms with Crippen molar-refractivity contribution in [1.82, 2.24) is 14.5 Å². The van der Waals surface area contributed by atoms with Crippen molar-refractivity contribution in [1.29, 1.82) is 0 Å². The number of hydrogen-bond acceptors (Lipinski definition) is 4. The van der Waals surface area contributed by atoms with E-state index in [9.17, 15) is 4.79 Å². The van der Waals surface area contributed by atoms with Crippen molar-refractivity contribution in [2.75, 3.05) is 18.0 Å². The molecule has 0 radical (unpaired) electrons. The number of nitrogens with zero attached hydrogens (tertiary/aromatic N) is 4. The highest BCUT2D eigenvalue weighted by Crippen LogP contribution is 2.20. The van der Waals surface area contributed by atoms with Crippen LogP contribution in [0, 0.1) is 0 Å². The predicted molar refractivity (Wildman–Crippen MR) is 87.8 cm³/mol. The van der Waals surface area contributed by atoms with E-state index in [1.54, 1.807) is 10.9 Å². The molecule has 0 aliphatic carbocycles. The largest absolute Gasteiger partial charge is 0.356 e. The fourth-order valence-electron chi connectivity index (χ4n) is 3.07. The maximum atomic E-state index is 12.5. The minimum Gasteiger partial charge on any atom is -0.341 e. The second-order valence-corrected chi connectivity index (χ2v) is 5.64. The SMILES string of the molecule is CCc1cccc(CC)c1-n1cnc(N2CCCC2)nc1=O. The number of anilines is 1. The Morgan fingerprint density at radius 1 is 1.09 bits per heavy atom. The highest BCUT2D eigenvalue weighted by atomic mass is 16.1. The van der Waals surface area contributed by atoms with Gasteiger partial charge in [-0.15, -0.1) is 0 Å². The average molecular weight is 298 g/mol. The molecule has 0 amide bonds. The lowest BCUT2D eigenvalue weighted by molar-refractivity contribution is 0.797. The molecule has 116 valence electrons. The first kappa shape index (κ1) is 14.8. The third-order valence-corrected chi connectivity index (χ3v) is 4.29. The number of rotatable bonds is 4. The molecule has 5 nitrogen and oxygen atoms in total. The van der Waals surface area contributed by atoms with Crippen LogP contribution in [0.1, 0.15) is 37.8 Å². The monoisotopic (exact) mass is 298 g/mol. The lowest BCUT2D eigenvalue weighted by Crippen LogP contribution is -2.29. The fraction of sp³-hybridized carbons (Fsp3) is 0.471. The Morgan fingerprint density at radius 2 is 1.73 bits per heavy atom. The van der Waals surface area contributed by atoms with Gasteiger partial charge in [0.1, 0.15) is 6.33 Å². The van der Waals surface area contributed by atoms with Crippen LogP contribution in [0.25, 0.3) is 5.69 Å². The summed E-state index contributed by atoms with van der Waals surface area (Å²) in [5.41, 5.74) is 3.01. The zero-order valence-electron chi connectivity index (χ0n) is 13.2. The van der Waals surface area contributed by atoms with E-state index in [1.807, 2.05) is 6.07 Å². The molecule has 2 heterocycles. The third kappa shape index (κ3) is 2.63. The summed E-state index contributed by atoms with van der Waals surface area (Å²) in [5.74, 6) is 0.561. The van der Waals surface area contributed by atoms with Gasteiger partial charge in [0.2, 0.25) is 5.95 Å². The van der Waals surface area contributed by atoms with Gasteiger partial charge in [-0.25, -0.2) is 9.78 Å². The van der Waals surface area contributed by atoms with E-state index in [0.29, 0.717) is 5.95 Å².